The molecule has 1 aliphatic heterocycles. The van der Waals surface area contributed by atoms with Crippen LogP contribution < -0.4 is 10.6 Å². The molecule has 0 spiro atoms. The molecule has 2 amide bonds. The predicted octanol–water partition coefficient (Wildman–Crippen LogP) is 1.35. The third kappa shape index (κ3) is 5.88. The first-order chi connectivity index (χ1) is 14.5. The van der Waals surface area contributed by atoms with E-state index >= 15 is 0 Å². The molecule has 0 bridgehead atoms. The Balaban J connectivity index is 1.46. The molecular weight excluding hydrogens is 426 g/mol. The summed E-state index contributed by atoms with van der Waals surface area (Å²) in [5.74, 6) is -1.55. The number of nitrogens with zero attached hydrogens (tertiary/aromatic N) is 1. The number of amides is 2. The van der Waals surface area contributed by atoms with Crippen LogP contribution in [0.25, 0.3) is 0 Å². The van der Waals surface area contributed by atoms with E-state index < -0.39 is 28.1 Å². The third-order valence-corrected chi connectivity index (χ3v) is 7.89. The van der Waals surface area contributed by atoms with Crippen LogP contribution in [0.3, 0.4) is 0 Å². The third-order valence-electron chi connectivity index (χ3n) is 4.63. The molecule has 1 aliphatic rings. The number of sulfonamides is 1. The van der Waals surface area contributed by atoms with Gasteiger partial charge in [0.05, 0.1) is 13.2 Å². The highest BCUT2D eigenvalue weighted by molar-refractivity contribution is 7.91. The summed E-state index contributed by atoms with van der Waals surface area (Å²) < 4.78 is 32.6. The predicted molar refractivity (Wildman–Crippen MR) is 113 cm³/mol. The van der Waals surface area contributed by atoms with Gasteiger partial charge < -0.3 is 15.4 Å². The van der Waals surface area contributed by atoms with Gasteiger partial charge in [0.25, 0.3) is 10.0 Å². The average Bonchev–Trinajstić information content (AvgIpc) is 3.32. The summed E-state index contributed by atoms with van der Waals surface area (Å²) >= 11 is 1.13. The molecule has 30 heavy (non-hydrogen) atoms. The van der Waals surface area contributed by atoms with Crippen LogP contribution in [-0.2, 0) is 30.8 Å². The number of nitrogens with one attached hydrogen (secondary N) is 2. The van der Waals surface area contributed by atoms with Gasteiger partial charge in [0, 0.05) is 13.1 Å². The first-order valence-electron chi connectivity index (χ1n) is 9.75. The standard InChI is InChI=1S/C20H25N3O5S2/c24-19(21-11-4-9-16-7-2-1-3-8-16)20(25)22-15-17-23(12-6-13-28-17)30(26,27)18-10-5-14-29-18/h1-3,5,7-8,10,14,17H,4,6,9,11-13,15H2,(H,21,24)(H,22,25)/t17-/m0/s1. The summed E-state index contributed by atoms with van der Waals surface area (Å²) in [6, 6.07) is 13.1. The normalized spacial score (nSPS) is 17.4. The Morgan fingerprint density at radius 2 is 1.87 bits per heavy atom. The smallest absolute Gasteiger partial charge is 0.309 e. The topological polar surface area (TPSA) is 105 Å². The second-order valence-corrected chi connectivity index (χ2v) is 9.85. The quantitative estimate of drug-likeness (QED) is 0.466. The lowest BCUT2D eigenvalue weighted by atomic mass is 10.1. The summed E-state index contributed by atoms with van der Waals surface area (Å²) in [4.78, 5) is 24.1. The van der Waals surface area contributed by atoms with E-state index in [4.69, 9.17) is 4.74 Å². The van der Waals surface area contributed by atoms with Gasteiger partial charge in [-0.1, -0.05) is 36.4 Å². The molecular formula is C20H25N3O5S2. The van der Waals surface area contributed by atoms with Gasteiger partial charge in [0.1, 0.15) is 10.4 Å². The summed E-state index contributed by atoms with van der Waals surface area (Å²) in [6.45, 7) is 0.968. The van der Waals surface area contributed by atoms with Crippen molar-refractivity contribution in [2.24, 2.45) is 0 Å². The van der Waals surface area contributed by atoms with Gasteiger partial charge in [0.2, 0.25) is 0 Å². The van der Waals surface area contributed by atoms with Crippen molar-refractivity contribution in [2.45, 2.75) is 29.7 Å². The monoisotopic (exact) mass is 451 g/mol. The molecule has 162 valence electrons. The van der Waals surface area contributed by atoms with Gasteiger partial charge in [-0.05, 0) is 36.3 Å². The number of ether oxygens (including phenoxy) is 1. The average molecular weight is 452 g/mol. The van der Waals surface area contributed by atoms with Crippen molar-refractivity contribution in [3.8, 4) is 0 Å². The molecule has 10 heteroatoms. The van der Waals surface area contributed by atoms with Crippen molar-refractivity contribution in [3.63, 3.8) is 0 Å². The molecule has 0 unspecified atom stereocenters. The summed E-state index contributed by atoms with van der Waals surface area (Å²) in [6.07, 6.45) is 1.23. The number of carbonyl (C=O) groups is 2. The Hall–Kier alpha value is -2.27. The number of benzene rings is 1. The fraction of sp³-hybridized carbons (Fsp3) is 0.400. The molecule has 8 nitrogen and oxygen atoms in total. The number of hydrogen-bond donors (Lipinski definition) is 2. The molecule has 2 aromatic rings. The lowest BCUT2D eigenvalue weighted by molar-refractivity contribution is -0.140. The summed E-state index contributed by atoms with van der Waals surface area (Å²) in [7, 11) is -3.70. The minimum atomic E-state index is -3.70. The summed E-state index contributed by atoms with van der Waals surface area (Å²) in [5.41, 5.74) is 1.16. The molecule has 0 saturated carbocycles. The molecule has 1 aromatic heterocycles. The minimum absolute atomic E-state index is 0.0964. The van der Waals surface area contributed by atoms with Crippen LogP contribution in [0.2, 0.25) is 0 Å². The van der Waals surface area contributed by atoms with Gasteiger partial charge in [-0.25, -0.2) is 8.42 Å². The van der Waals surface area contributed by atoms with E-state index in [0.29, 0.717) is 32.5 Å². The molecule has 1 fully saturated rings. The van der Waals surface area contributed by atoms with Gasteiger partial charge in [-0.15, -0.1) is 11.3 Å². The lowest BCUT2D eigenvalue weighted by Gasteiger charge is -2.34. The van der Waals surface area contributed by atoms with E-state index in [0.717, 1.165) is 23.3 Å². The Bertz CT molecular complexity index is 933. The largest absolute Gasteiger partial charge is 0.360 e. The first-order valence-corrected chi connectivity index (χ1v) is 12.1. The van der Waals surface area contributed by atoms with Gasteiger partial charge >= 0.3 is 11.8 Å². The molecule has 2 N–H and O–H groups in total. The minimum Gasteiger partial charge on any atom is -0.360 e. The number of thiophene rings is 1. The van der Waals surface area contributed by atoms with Crippen LogP contribution in [0, 0.1) is 0 Å². The number of rotatable bonds is 8. The maximum atomic E-state index is 12.8. The van der Waals surface area contributed by atoms with E-state index in [1.165, 1.54) is 10.4 Å². The van der Waals surface area contributed by atoms with E-state index in [9.17, 15) is 18.0 Å². The van der Waals surface area contributed by atoms with E-state index in [-0.39, 0.29) is 10.8 Å². The zero-order valence-electron chi connectivity index (χ0n) is 16.5. The van der Waals surface area contributed by atoms with Crippen molar-refractivity contribution in [3.05, 3.63) is 53.4 Å². The Kier molecular flexibility index (Phi) is 7.97. The molecule has 1 atom stereocenters. The fourth-order valence-electron chi connectivity index (χ4n) is 3.11. The van der Waals surface area contributed by atoms with Gasteiger partial charge in [-0.2, -0.15) is 4.31 Å². The second-order valence-electron chi connectivity index (χ2n) is 6.78. The highest BCUT2D eigenvalue weighted by Crippen LogP contribution is 2.25. The molecule has 3 rings (SSSR count). The number of carbonyl (C=O) groups excluding carboxylic acids is 2. The fourth-order valence-corrected chi connectivity index (χ4v) is 5.79. The van der Waals surface area contributed by atoms with E-state index in [2.05, 4.69) is 10.6 Å². The van der Waals surface area contributed by atoms with Crippen LogP contribution in [0.15, 0.2) is 52.1 Å². The first kappa shape index (κ1) is 22.4. The highest BCUT2D eigenvalue weighted by atomic mass is 32.2. The van der Waals surface area contributed by atoms with Crippen molar-refractivity contribution >= 4 is 33.2 Å². The maximum Gasteiger partial charge on any atom is 0.309 e. The molecule has 1 saturated heterocycles. The van der Waals surface area contributed by atoms with Crippen LogP contribution in [0.5, 0.6) is 0 Å². The second kappa shape index (κ2) is 10.7. The number of aryl methyl sites for hydroxylation is 1. The Labute approximate surface area is 180 Å². The van der Waals surface area contributed by atoms with Crippen LogP contribution in [-0.4, -0.2) is 57.0 Å². The molecule has 2 heterocycles. The Morgan fingerprint density at radius 3 is 2.60 bits per heavy atom. The van der Waals surface area contributed by atoms with Crippen molar-refractivity contribution < 1.29 is 22.7 Å². The van der Waals surface area contributed by atoms with Crippen LogP contribution in [0.4, 0.5) is 0 Å². The zero-order chi connectivity index (χ0) is 21.4. The molecule has 0 aliphatic carbocycles. The van der Waals surface area contributed by atoms with Gasteiger partial charge in [0.15, 0.2) is 0 Å². The number of hydrogen-bond acceptors (Lipinski definition) is 6. The Morgan fingerprint density at radius 1 is 1.10 bits per heavy atom. The van der Waals surface area contributed by atoms with Crippen LogP contribution in [0.1, 0.15) is 18.4 Å². The van der Waals surface area contributed by atoms with Gasteiger partial charge in [-0.3, -0.25) is 9.59 Å². The molecule has 1 aromatic carbocycles. The zero-order valence-corrected chi connectivity index (χ0v) is 18.1. The summed E-state index contributed by atoms with van der Waals surface area (Å²) in [5, 5.41) is 6.75. The van der Waals surface area contributed by atoms with Crippen LogP contribution >= 0.6 is 11.3 Å². The molecule has 0 radical (unpaired) electrons. The SMILES string of the molecule is O=C(NCCCc1ccccc1)C(=O)NC[C@@H]1OCCCN1S(=O)(=O)c1cccs1. The van der Waals surface area contributed by atoms with Crippen molar-refractivity contribution in [1.82, 2.24) is 14.9 Å². The van der Waals surface area contributed by atoms with Crippen molar-refractivity contribution in [1.29, 1.82) is 0 Å². The maximum absolute atomic E-state index is 12.8. The van der Waals surface area contributed by atoms with E-state index in [1.54, 1.807) is 11.4 Å². The van der Waals surface area contributed by atoms with E-state index in [1.807, 2.05) is 30.3 Å². The van der Waals surface area contributed by atoms with Crippen molar-refractivity contribution in [2.75, 3.05) is 26.2 Å². The highest BCUT2D eigenvalue weighted by Gasteiger charge is 2.35. The lowest BCUT2D eigenvalue weighted by Crippen LogP contribution is -2.53.